The molecule has 1 aromatic rings. The van der Waals surface area contributed by atoms with Gasteiger partial charge in [0.15, 0.2) is 0 Å². The predicted octanol–water partition coefficient (Wildman–Crippen LogP) is 3.84. The van der Waals surface area contributed by atoms with Crippen molar-refractivity contribution in [2.24, 2.45) is 0 Å². The van der Waals surface area contributed by atoms with Crippen molar-refractivity contribution in [3.05, 3.63) is 48.1 Å². The van der Waals surface area contributed by atoms with Crippen LogP contribution in [0.1, 0.15) is 31.7 Å². The maximum absolute atomic E-state index is 13.6. The lowest BCUT2D eigenvalue weighted by molar-refractivity contribution is 0.455. The topological polar surface area (TPSA) is 12.0 Å². The zero-order valence-corrected chi connectivity index (χ0v) is 10.9. The van der Waals surface area contributed by atoms with E-state index in [0.29, 0.717) is 6.42 Å². The molecule has 0 spiro atoms. The van der Waals surface area contributed by atoms with Gasteiger partial charge in [-0.05, 0) is 44.4 Å². The number of unbranched alkanes of at least 4 members (excludes halogenated alkanes) is 1. The number of likely N-dealkylation sites (N-methyl/N-ethyl adjacent to an activating group) is 1. The van der Waals surface area contributed by atoms with Crippen molar-refractivity contribution in [3.8, 4) is 0 Å². The predicted molar refractivity (Wildman–Crippen MR) is 71.6 cm³/mol. The highest BCUT2D eigenvalue weighted by Crippen LogP contribution is 2.16. The molecule has 0 aromatic heterocycles. The fourth-order valence-electron chi connectivity index (χ4n) is 2.05. The summed E-state index contributed by atoms with van der Waals surface area (Å²) in [5.41, 5.74) is 0.182. The van der Waals surface area contributed by atoms with Gasteiger partial charge in [-0.1, -0.05) is 19.1 Å². The molecule has 0 bridgehead atoms. The number of halogens is 2. The first-order valence-corrected chi connectivity index (χ1v) is 6.46. The second-order valence-corrected chi connectivity index (χ2v) is 4.38. The van der Waals surface area contributed by atoms with Crippen LogP contribution in [0.4, 0.5) is 8.78 Å². The van der Waals surface area contributed by atoms with Crippen LogP contribution in [-0.4, -0.2) is 12.6 Å². The molecular formula is C15H21F2N. The van der Waals surface area contributed by atoms with Crippen LogP contribution in [0.15, 0.2) is 30.9 Å². The second kappa shape index (κ2) is 7.98. The Bertz CT molecular complexity index is 357. The van der Waals surface area contributed by atoms with Gasteiger partial charge in [0.25, 0.3) is 0 Å². The van der Waals surface area contributed by atoms with Crippen molar-refractivity contribution < 1.29 is 8.78 Å². The van der Waals surface area contributed by atoms with E-state index in [4.69, 9.17) is 0 Å². The molecule has 0 saturated heterocycles. The van der Waals surface area contributed by atoms with Crippen LogP contribution in [0.2, 0.25) is 0 Å². The summed E-state index contributed by atoms with van der Waals surface area (Å²) in [7, 11) is 0. The van der Waals surface area contributed by atoms with Crippen molar-refractivity contribution >= 4 is 0 Å². The SMILES string of the molecule is C=CCCCC(Cc1c(F)cccc1F)NCC. The maximum Gasteiger partial charge on any atom is 0.129 e. The van der Waals surface area contributed by atoms with Gasteiger partial charge >= 0.3 is 0 Å². The summed E-state index contributed by atoms with van der Waals surface area (Å²) in [6, 6.07) is 4.13. The molecule has 0 saturated carbocycles. The molecule has 1 nitrogen and oxygen atoms in total. The van der Waals surface area contributed by atoms with Crippen molar-refractivity contribution in [3.63, 3.8) is 0 Å². The van der Waals surface area contributed by atoms with Crippen LogP contribution >= 0.6 is 0 Å². The number of hydrogen-bond donors (Lipinski definition) is 1. The average molecular weight is 253 g/mol. The molecule has 0 aliphatic rings. The number of hydrogen-bond acceptors (Lipinski definition) is 1. The van der Waals surface area contributed by atoms with E-state index < -0.39 is 11.6 Å². The molecule has 1 atom stereocenters. The van der Waals surface area contributed by atoms with Gasteiger partial charge in [-0.3, -0.25) is 0 Å². The zero-order chi connectivity index (χ0) is 13.4. The second-order valence-electron chi connectivity index (χ2n) is 4.38. The Balaban J connectivity index is 2.66. The normalized spacial score (nSPS) is 12.4. The van der Waals surface area contributed by atoms with Crippen LogP contribution in [0.3, 0.4) is 0 Å². The van der Waals surface area contributed by atoms with Crippen LogP contribution in [0.5, 0.6) is 0 Å². The summed E-state index contributed by atoms with van der Waals surface area (Å²) < 4.78 is 27.1. The Labute approximate surface area is 108 Å². The number of benzene rings is 1. The summed E-state index contributed by atoms with van der Waals surface area (Å²) >= 11 is 0. The smallest absolute Gasteiger partial charge is 0.129 e. The highest BCUT2D eigenvalue weighted by molar-refractivity contribution is 5.20. The van der Waals surface area contributed by atoms with Gasteiger partial charge in [-0.2, -0.15) is 0 Å². The van der Waals surface area contributed by atoms with Gasteiger partial charge < -0.3 is 5.32 Å². The van der Waals surface area contributed by atoms with E-state index in [9.17, 15) is 8.78 Å². The summed E-state index contributed by atoms with van der Waals surface area (Å²) in [6.07, 6.45) is 5.07. The standard InChI is InChI=1S/C15H21F2N/c1-3-5-6-8-12(18-4-2)11-13-14(16)9-7-10-15(13)17/h3,7,9-10,12,18H,1,4-6,8,11H2,2H3. The van der Waals surface area contributed by atoms with E-state index in [0.717, 1.165) is 25.8 Å². The molecule has 0 aliphatic carbocycles. The first-order chi connectivity index (χ1) is 8.69. The lowest BCUT2D eigenvalue weighted by atomic mass is 10.00. The third kappa shape index (κ3) is 4.57. The molecule has 0 aliphatic heterocycles. The third-order valence-corrected chi connectivity index (χ3v) is 2.97. The third-order valence-electron chi connectivity index (χ3n) is 2.97. The van der Waals surface area contributed by atoms with Gasteiger partial charge in [0.05, 0.1) is 0 Å². The van der Waals surface area contributed by atoms with Crippen LogP contribution in [0.25, 0.3) is 0 Å². The van der Waals surface area contributed by atoms with Gasteiger partial charge in [-0.25, -0.2) is 8.78 Å². The van der Waals surface area contributed by atoms with Crippen LogP contribution < -0.4 is 5.32 Å². The number of rotatable bonds is 8. The molecule has 100 valence electrons. The van der Waals surface area contributed by atoms with Crippen molar-refractivity contribution in [2.75, 3.05) is 6.54 Å². The fraction of sp³-hybridized carbons (Fsp3) is 0.467. The summed E-state index contributed by atoms with van der Waals surface area (Å²) in [5.74, 6) is -0.914. The number of nitrogens with one attached hydrogen (secondary N) is 1. The minimum atomic E-state index is -0.457. The van der Waals surface area contributed by atoms with E-state index in [2.05, 4.69) is 11.9 Å². The Morgan fingerprint density at radius 3 is 2.56 bits per heavy atom. The van der Waals surface area contributed by atoms with E-state index in [1.165, 1.54) is 18.2 Å². The molecule has 0 fully saturated rings. The molecule has 18 heavy (non-hydrogen) atoms. The average Bonchev–Trinajstić information content (AvgIpc) is 2.34. The highest BCUT2D eigenvalue weighted by atomic mass is 19.1. The largest absolute Gasteiger partial charge is 0.314 e. The fourth-order valence-corrected chi connectivity index (χ4v) is 2.05. The molecule has 1 aromatic carbocycles. The van der Waals surface area contributed by atoms with E-state index >= 15 is 0 Å². The monoisotopic (exact) mass is 253 g/mol. The minimum absolute atomic E-state index is 0.112. The van der Waals surface area contributed by atoms with E-state index in [1.54, 1.807) is 0 Å². The molecule has 1 N–H and O–H groups in total. The maximum atomic E-state index is 13.6. The van der Waals surface area contributed by atoms with E-state index in [1.807, 2.05) is 13.0 Å². The summed E-state index contributed by atoms with van der Waals surface area (Å²) in [6.45, 7) is 6.47. The Morgan fingerprint density at radius 1 is 1.33 bits per heavy atom. The molecule has 1 unspecified atom stereocenters. The Hall–Kier alpha value is -1.22. The molecular weight excluding hydrogens is 232 g/mol. The first-order valence-electron chi connectivity index (χ1n) is 6.46. The van der Waals surface area contributed by atoms with E-state index in [-0.39, 0.29) is 11.6 Å². The lowest BCUT2D eigenvalue weighted by Crippen LogP contribution is -2.31. The number of allylic oxidation sites excluding steroid dienone is 1. The molecule has 0 radical (unpaired) electrons. The first kappa shape index (κ1) is 14.8. The lowest BCUT2D eigenvalue weighted by Gasteiger charge is -2.18. The summed E-state index contributed by atoms with van der Waals surface area (Å²) in [5, 5.41) is 3.28. The quantitative estimate of drug-likeness (QED) is 0.548. The van der Waals surface area contributed by atoms with Crippen molar-refractivity contribution in [1.29, 1.82) is 0 Å². The molecule has 0 heterocycles. The Morgan fingerprint density at radius 2 is 2.00 bits per heavy atom. The van der Waals surface area contributed by atoms with Crippen LogP contribution in [0, 0.1) is 11.6 Å². The molecule has 1 rings (SSSR count). The van der Waals surface area contributed by atoms with Gasteiger partial charge in [-0.15, -0.1) is 6.58 Å². The molecule has 3 heteroatoms. The minimum Gasteiger partial charge on any atom is -0.314 e. The summed E-state index contributed by atoms with van der Waals surface area (Å²) in [4.78, 5) is 0. The molecule has 0 amide bonds. The van der Waals surface area contributed by atoms with Crippen LogP contribution in [-0.2, 0) is 6.42 Å². The Kier molecular flexibility index (Phi) is 6.58. The van der Waals surface area contributed by atoms with Crippen molar-refractivity contribution in [1.82, 2.24) is 5.32 Å². The van der Waals surface area contributed by atoms with Gasteiger partial charge in [0.2, 0.25) is 0 Å². The van der Waals surface area contributed by atoms with Gasteiger partial charge in [0.1, 0.15) is 11.6 Å². The van der Waals surface area contributed by atoms with Crippen molar-refractivity contribution in [2.45, 2.75) is 38.6 Å². The zero-order valence-electron chi connectivity index (χ0n) is 10.9. The van der Waals surface area contributed by atoms with Gasteiger partial charge in [0, 0.05) is 11.6 Å². The highest BCUT2D eigenvalue weighted by Gasteiger charge is 2.14.